The van der Waals surface area contributed by atoms with Gasteiger partial charge in [-0.25, -0.2) is 4.98 Å². The monoisotopic (exact) mass is 274 g/mol. The molecule has 0 radical (unpaired) electrons. The van der Waals surface area contributed by atoms with Gasteiger partial charge < -0.3 is 15.2 Å². The first-order valence-electron chi connectivity index (χ1n) is 6.36. The molecular weight excluding hydrogens is 260 g/mol. The summed E-state index contributed by atoms with van der Waals surface area (Å²) in [6.07, 6.45) is 4.11. The van der Waals surface area contributed by atoms with Gasteiger partial charge in [-0.15, -0.1) is 0 Å². The summed E-state index contributed by atoms with van der Waals surface area (Å²) in [6.45, 7) is 1.90. The van der Waals surface area contributed by atoms with Gasteiger partial charge in [0.05, 0.1) is 18.1 Å². The number of nitrogens with one attached hydrogen (secondary N) is 1. The van der Waals surface area contributed by atoms with E-state index in [1.165, 1.54) is 0 Å². The molecule has 0 aromatic carbocycles. The highest BCUT2D eigenvalue weighted by Crippen LogP contribution is 2.39. The molecule has 2 aliphatic rings. The maximum Gasteiger partial charge on any atom is 0.310 e. The number of ether oxygens (including phenoxy) is 1. The van der Waals surface area contributed by atoms with Crippen molar-refractivity contribution in [1.82, 2.24) is 4.98 Å². The normalized spacial score (nSPS) is 30.4. The third-order valence-corrected chi connectivity index (χ3v) is 3.65. The van der Waals surface area contributed by atoms with E-state index in [-0.39, 0.29) is 5.91 Å². The summed E-state index contributed by atoms with van der Waals surface area (Å²) in [5.41, 5.74) is 0.984. The minimum Gasteiger partial charge on any atom is -0.481 e. The Bertz CT molecular complexity index is 581. The highest BCUT2D eigenvalue weighted by Gasteiger charge is 2.53. The van der Waals surface area contributed by atoms with Crippen LogP contribution in [-0.2, 0) is 14.3 Å². The van der Waals surface area contributed by atoms with Gasteiger partial charge in [0.1, 0.15) is 11.7 Å². The molecule has 2 aliphatic heterocycles. The second-order valence-corrected chi connectivity index (χ2v) is 5.05. The average molecular weight is 274 g/mol. The zero-order valence-corrected chi connectivity index (χ0v) is 10.8. The molecule has 1 fully saturated rings. The Morgan fingerprint density at radius 2 is 1.95 bits per heavy atom. The van der Waals surface area contributed by atoms with Crippen LogP contribution in [0.1, 0.15) is 5.56 Å². The van der Waals surface area contributed by atoms with Crippen LogP contribution in [0.3, 0.4) is 0 Å². The number of hydrogen-bond acceptors (Lipinski definition) is 4. The molecule has 20 heavy (non-hydrogen) atoms. The SMILES string of the molecule is Cc1ccc(NC(=O)[C@H]2[C@H](C(=O)O)[C@H]3C=C[C@H]2O3)nc1. The van der Waals surface area contributed by atoms with Crippen molar-refractivity contribution in [3.8, 4) is 0 Å². The van der Waals surface area contributed by atoms with E-state index in [0.29, 0.717) is 5.82 Å². The van der Waals surface area contributed by atoms with Gasteiger partial charge in [0, 0.05) is 6.20 Å². The summed E-state index contributed by atoms with van der Waals surface area (Å²) < 4.78 is 5.46. The van der Waals surface area contributed by atoms with Gasteiger partial charge in [-0.3, -0.25) is 9.59 Å². The molecule has 1 aromatic heterocycles. The smallest absolute Gasteiger partial charge is 0.310 e. The van der Waals surface area contributed by atoms with E-state index in [1.807, 2.05) is 13.0 Å². The van der Waals surface area contributed by atoms with Crippen LogP contribution in [-0.4, -0.2) is 34.2 Å². The number of aryl methyl sites for hydroxylation is 1. The van der Waals surface area contributed by atoms with E-state index >= 15 is 0 Å². The number of fused-ring (bicyclic) bond motifs is 2. The van der Waals surface area contributed by atoms with Crippen molar-refractivity contribution in [3.63, 3.8) is 0 Å². The van der Waals surface area contributed by atoms with E-state index in [0.717, 1.165) is 5.56 Å². The molecular formula is C14H14N2O4. The largest absolute Gasteiger partial charge is 0.481 e. The van der Waals surface area contributed by atoms with E-state index in [1.54, 1.807) is 24.4 Å². The summed E-state index contributed by atoms with van der Waals surface area (Å²) in [5.74, 6) is -2.53. The molecule has 1 amide bonds. The lowest BCUT2D eigenvalue weighted by molar-refractivity contribution is -0.145. The predicted molar refractivity (Wildman–Crippen MR) is 70.0 cm³/mol. The Hall–Kier alpha value is -2.21. The van der Waals surface area contributed by atoms with Gasteiger partial charge in [0.15, 0.2) is 0 Å². The summed E-state index contributed by atoms with van der Waals surface area (Å²) >= 11 is 0. The van der Waals surface area contributed by atoms with Crippen LogP contribution in [0.5, 0.6) is 0 Å². The van der Waals surface area contributed by atoms with Gasteiger partial charge >= 0.3 is 5.97 Å². The molecule has 2 N–H and O–H groups in total. The van der Waals surface area contributed by atoms with Crippen LogP contribution < -0.4 is 5.32 Å². The molecule has 3 heterocycles. The Balaban J connectivity index is 1.78. The Labute approximate surface area is 115 Å². The number of amides is 1. The van der Waals surface area contributed by atoms with Crippen LogP contribution in [0, 0.1) is 18.8 Å². The zero-order chi connectivity index (χ0) is 14.3. The molecule has 0 aliphatic carbocycles. The van der Waals surface area contributed by atoms with Crippen molar-refractivity contribution >= 4 is 17.7 Å². The molecule has 0 unspecified atom stereocenters. The molecule has 104 valence electrons. The van der Waals surface area contributed by atoms with Gasteiger partial charge in [-0.2, -0.15) is 0 Å². The van der Waals surface area contributed by atoms with Gasteiger partial charge in [-0.1, -0.05) is 18.2 Å². The van der Waals surface area contributed by atoms with Gasteiger partial charge in [0.2, 0.25) is 5.91 Å². The standard InChI is InChI=1S/C14H14N2O4/c1-7-2-5-10(15-6-7)16-13(17)11-8-3-4-9(20-8)12(11)14(18)19/h2-6,8-9,11-12H,1H3,(H,18,19)(H,15,16,17)/t8-,9-,11-,12-/m1/s1. The van der Waals surface area contributed by atoms with Crippen molar-refractivity contribution in [2.75, 3.05) is 5.32 Å². The number of hydrogen-bond donors (Lipinski definition) is 2. The van der Waals surface area contributed by atoms with Crippen molar-refractivity contribution in [1.29, 1.82) is 0 Å². The number of carboxylic acids is 1. The minimum absolute atomic E-state index is 0.370. The topological polar surface area (TPSA) is 88.5 Å². The quantitative estimate of drug-likeness (QED) is 0.802. The van der Waals surface area contributed by atoms with Crippen molar-refractivity contribution in [3.05, 3.63) is 36.0 Å². The van der Waals surface area contributed by atoms with Crippen LogP contribution in [0.2, 0.25) is 0 Å². The summed E-state index contributed by atoms with van der Waals surface area (Å²) in [4.78, 5) is 27.7. The number of aliphatic carboxylic acids is 1. The first-order valence-corrected chi connectivity index (χ1v) is 6.36. The minimum atomic E-state index is -1.01. The summed E-state index contributed by atoms with van der Waals surface area (Å²) in [6, 6.07) is 3.52. The van der Waals surface area contributed by atoms with Crippen LogP contribution in [0.15, 0.2) is 30.5 Å². The Morgan fingerprint density at radius 3 is 2.55 bits per heavy atom. The third kappa shape index (κ3) is 2.08. The number of nitrogens with zero attached hydrogens (tertiary/aromatic N) is 1. The fourth-order valence-electron chi connectivity index (χ4n) is 2.67. The Morgan fingerprint density at radius 1 is 1.25 bits per heavy atom. The van der Waals surface area contributed by atoms with Crippen molar-refractivity contribution < 1.29 is 19.4 Å². The van der Waals surface area contributed by atoms with E-state index in [9.17, 15) is 14.7 Å². The summed E-state index contributed by atoms with van der Waals surface area (Å²) in [7, 11) is 0. The van der Waals surface area contributed by atoms with Crippen LogP contribution in [0.25, 0.3) is 0 Å². The summed E-state index contributed by atoms with van der Waals surface area (Å²) in [5, 5.41) is 11.9. The molecule has 1 aromatic rings. The number of aromatic nitrogens is 1. The van der Waals surface area contributed by atoms with Crippen LogP contribution >= 0.6 is 0 Å². The van der Waals surface area contributed by atoms with E-state index < -0.39 is 30.0 Å². The lowest BCUT2D eigenvalue weighted by Crippen LogP contribution is -2.39. The van der Waals surface area contributed by atoms with Crippen molar-refractivity contribution in [2.24, 2.45) is 11.8 Å². The highest BCUT2D eigenvalue weighted by molar-refractivity contribution is 5.96. The number of pyridine rings is 1. The van der Waals surface area contributed by atoms with Gasteiger partial charge in [-0.05, 0) is 18.6 Å². The highest BCUT2D eigenvalue weighted by atomic mass is 16.5. The molecule has 0 saturated carbocycles. The molecule has 1 saturated heterocycles. The lowest BCUT2D eigenvalue weighted by Gasteiger charge is -2.20. The first-order chi connectivity index (χ1) is 9.56. The molecule has 3 rings (SSSR count). The van der Waals surface area contributed by atoms with E-state index in [4.69, 9.17) is 4.74 Å². The predicted octanol–water partition coefficient (Wildman–Crippen LogP) is 0.983. The number of carbonyl (C=O) groups excluding carboxylic acids is 1. The molecule has 6 heteroatoms. The maximum atomic E-state index is 12.3. The molecule has 6 nitrogen and oxygen atoms in total. The molecule has 4 atom stereocenters. The lowest BCUT2D eigenvalue weighted by atomic mass is 9.82. The second kappa shape index (κ2) is 4.72. The van der Waals surface area contributed by atoms with E-state index in [2.05, 4.69) is 10.3 Å². The molecule has 0 spiro atoms. The van der Waals surface area contributed by atoms with Crippen molar-refractivity contribution in [2.45, 2.75) is 19.1 Å². The second-order valence-electron chi connectivity index (χ2n) is 5.05. The number of carboxylic acid groups (broad SMARTS) is 1. The first kappa shape index (κ1) is 12.8. The molecule has 2 bridgehead atoms. The average Bonchev–Trinajstić information content (AvgIpc) is 3.01. The Kier molecular flexibility index (Phi) is 3.02. The number of carbonyl (C=O) groups is 2. The third-order valence-electron chi connectivity index (χ3n) is 3.65. The number of rotatable bonds is 3. The fourth-order valence-corrected chi connectivity index (χ4v) is 2.67. The maximum absolute atomic E-state index is 12.3. The van der Waals surface area contributed by atoms with Gasteiger partial charge in [0.25, 0.3) is 0 Å². The fraction of sp³-hybridized carbons (Fsp3) is 0.357. The zero-order valence-electron chi connectivity index (χ0n) is 10.8. The van der Waals surface area contributed by atoms with Crippen LogP contribution in [0.4, 0.5) is 5.82 Å². The number of anilines is 1.